The Bertz CT molecular complexity index is 573. The van der Waals surface area contributed by atoms with Gasteiger partial charge < -0.3 is 9.63 Å². The standard InChI is InChI=1S/C19H31O2PS/c1-12-9-16(20)15(18(4,5)6)10-17(12)23-11-13(2)19(7,8)14(3)21-22/h9-10,13,20H,3,11,22H2,1-2,4-8H3/t13-/m0/s1. The maximum absolute atomic E-state index is 10.2. The largest absolute Gasteiger partial charge is 0.508 e. The van der Waals surface area contributed by atoms with Gasteiger partial charge in [-0.25, -0.2) is 0 Å². The first-order valence-electron chi connectivity index (χ1n) is 7.94. The number of hydrogen-bond acceptors (Lipinski definition) is 3. The van der Waals surface area contributed by atoms with Gasteiger partial charge in [-0.15, -0.1) is 11.8 Å². The van der Waals surface area contributed by atoms with Gasteiger partial charge in [0.25, 0.3) is 0 Å². The van der Waals surface area contributed by atoms with Gasteiger partial charge in [-0.1, -0.05) is 48.1 Å². The third kappa shape index (κ3) is 4.90. The van der Waals surface area contributed by atoms with Crippen molar-refractivity contribution >= 4 is 21.2 Å². The lowest BCUT2D eigenvalue weighted by atomic mass is 9.80. The second-order valence-corrected chi connectivity index (χ2v) is 9.16. The molecule has 1 aromatic carbocycles. The normalized spacial score (nSPS) is 13.7. The van der Waals surface area contributed by atoms with Crippen LogP contribution in [-0.2, 0) is 9.94 Å². The van der Waals surface area contributed by atoms with E-state index >= 15 is 0 Å². The zero-order chi connectivity index (χ0) is 18.0. The first-order chi connectivity index (χ1) is 10.4. The molecular formula is C19H31O2PS. The van der Waals surface area contributed by atoms with Crippen LogP contribution in [0.15, 0.2) is 29.4 Å². The van der Waals surface area contributed by atoms with Gasteiger partial charge in [0.2, 0.25) is 0 Å². The van der Waals surface area contributed by atoms with E-state index in [9.17, 15) is 5.11 Å². The van der Waals surface area contributed by atoms with Crippen molar-refractivity contribution in [3.63, 3.8) is 0 Å². The molecule has 0 heterocycles. The Morgan fingerprint density at radius 3 is 2.35 bits per heavy atom. The summed E-state index contributed by atoms with van der Waals surface area (Å²) in [5.41, 5.74) is 1.95. The molecule has 1 aromatic rings. The molecule has 1 N–H and O–H groups in total. The van der Waals surface area contributed by atoms with E-state index in [0.29, 0.717) is 11.7 Å². The molecule has 0 radical (unpaired) electrons. The summed E-state index contributed by atoms with van der Waals surface area (Å²) in [5, 5.41) is 10.2. The van der Waals surface area contributed by atoms with Crippen molar-refractivity contribution in [2.45, 2.75) is 58.8 Å². The topological polar surface area (TPSA) is 29.5 Å². The van der Waals surface area contributed by atoms with Crippen molar-refractivity contribution < 1.29 is 9.63 Å². The zero-order valence-electron chi connectivity index (χ0n) is 15.5. The summed E-state index contributed by atoms with van der Waals surface area (Å²) in [6.07, 6.45) is 0. The van der Waals surface area contributed by atoms with Crippen molar-refractivity contribution in [3.8, 4) is 5.75 Å². The summed E-state index contributed by atoms with van der Waals surface area (Å²) in [4.78, 5) is 1.23. The third-order valence-electron chi connectivity index (χ3n) is 4.68. The second kappa shape index (κ2) is 7.49. The predicted molar refractivity (Wildman–Crippen MR) is 105 cm³/mol. The van der Waals surface area contributed by atoms with Crippen LogP contribution in [0.4, 0.5) is 0 Å². The average Bonchev–Trinajstić information content (AvgIpc) is 2.43. The smallest absolute Gasteiger partial charge is 0.119 e. The molecule has 0 aromatic heterocycles. The lowest BCUT2D eigenvalue weighted by molar-refractivity contribution is 0.229. The quantitative estimate of drug-likeness (QED) is 0.382. The van der Waals surface area contributed by atoms with Crippen LogP contribution in [0, 0.1) is 18.3 Å². The summed E-state index contributed by atoms with van der Waals surface area (Å²) < 4.78 is 5.27. The molecule has 0 spiro atoms. The van der Waals surface area contributed by atoms with Gasteiger partial charge in [-0.3, -0.25) is 0 Å². The number of phenolic OH excluding ortho intramolecular Hbond substituents is 1. The van der Waals surface area contributed by atoms with Gasteiger partial charge in [0.1, 0.15) is 5.75 Å². The molecule has 0 fully saturated rings. The molecule has 0 aliphatic carbocycles. The third-order valence-corrected chi connectivity index (χ3v) is 6.39. The molecule has 0 bridgehead atoms. The van der Waals surface area contributed by atoms with Crippen LogP contribution in [-0.4, -0.2) is 10.9 Å². The Labute approximate surface area is 148 Å². The van der Waals surface area contributed by atoms with E-state index in [1.54, 1.807) is 0 Å². The Balaban J connectivity index is 2.96. The van der Waals surface area contributed by atoms with Crippen molar-refractivity contribution in [2.75, 3.05) is 5.75 Å². The highest BCUT2D eigenvalue weighted by Crippen LogP contribution is 2.41. The predicted octanol–water partition coefficient (Wildman–Crippen LogP) is 6.07. The molecule has 0 saturated heterocycles. The van der Waals surface area contributed by atoms with Crippen LogP contribution in [0.25, 0.3) is 0 Å². The Kier molecular flexibility index (Phi) is 6.64. The van der Waals surface area contributed by atoms with E-state index in [1.165, 1.54) is 4.90 Å². The first-order valence-corrected chi connectivity index (χ1v) is 9.40. The van der Waals surface area contributed by atoms with Crippen LogP contribution in [0.1, 0.15) is 52.7 Å². The minimum absolute atomic E-state index is 0.0699. The molecule has 0 amide bonds. The Morgan fingerprint density at radius 2 is 1.87 bits per heavy atom. The van der Waals surface area contributed by atoms with Crippen molar-refractivity contribution in [1.82, 2.24) is 0 Å². The summed E-state index contributed by atoms with van der Waals surface area (Å²) in [6.45, 7) is 19.0. The number of rotatable bonds is 6. The highest BCUT2D eigenvalue weighted by atomic mass is 32.2. The summed E-state index contributed by atoms with van der Waals surface area (Å²) in [7, 11) is 2.28. The van der Waals surface area contributed by atoms with Crippen LogP contribution < -0.4 is 0 Å². The fourth-order valence-corrected chi connectivity index (χ4v) is 3.92. The molecular weight excluding hydrogens is 323 g/mol. The molecule has 1 unspecified atom stereocenters. The highest BCUT2D eigenvalue weighted by molar-refractivity contribution is 7.99. The van der Waals surface area contributed by atoms with E-state index in [1.807, 2.05) is 17.8 Å². The summed E-state index contributed by atoms with van der Waals surface area (Å²) in [6, 6.07) is 4.01. The number of aryl methyl sites for hydroxylation is 1. The van der Waals surface area contributed by atoms with E-state index in [4.69, 9.17) is 4.52 Å². The zero-order valence-corrected chi connectivity index (χ0v) is 17.5. The minimum atomic E-state index is -0.0908. The molecule has 2 nitrogen and oxygen atoms in total. The van der Waals surface area contributed by atoms with E-state index < -0.39 is 0 Å². The summed E-state index contributed by atoms with van der Waals surface area (Å²) in [5.74, 6) is 2.55. The van der Waals surface area contributed by atoms with Crippen molar-refractivity contribution in [1.29, 1.82) is 0 Å². The van der Waals surface area contributed by atoms with Crippen molar-refractivity contribution in [2.24, 2.45) is 11.3 Å². The van der Waals surface area contributed by atoms with Crippen LogP contribution in [0.3, 0.4) is 0 Å². The number of phenols is 1. The second-order valence-electron chi connectivity index (χ2n) is 7.86. The molecule has 1 rings (SSSR count). The van der Waals surface area contributed by atoms with Crippen LogP contribution >= 0.6 is 21.2 Å². The van der Waals surface area contributed by atoms with Gasteiger partial charge >= 0.3 is 0 Å². The Hall–Kier alpha value is -0.660. The van der Waals surface area contributed by atoms with Gasteiger partial charge in [0.15, 0.2) is 0 Å². The fourth-order valence-electron chi connectivity index (χ4n) is 2.28. The number of benzene rings is 1. The van der Waals surface area contributed by atoms with Gasteiger partial charge in [-0.2, -0.15) is 0 Å². The van der Waals surface area contributed by atoms with Gasteiger partial charge in [0.05, 0.1) is 15.2 Å². The summed E-state index contributed by atoms with van der Waals surface area (Å²) >= 11 is 1.83. The maximum Gasteiger partial charge on any atom is 0.119 e. The Morgan fingerprint density at radius 1 is 1.30 bits per heavy atom. The minimum Gasteiger partial charge on any atom is -0.508 e. The SMILES string of the molecule is C=C(OP)C(C)(C)[C@@H](C)CSc1cc(C(C)(C)C)c(O)cc1C. The fraction of sp³-hybridized carbons (Fsp3) is 0.579. The highest BCUT2D eigenvalue weighted by Gasteiger charge is 2.30. The monoisotopic (exact) mass is 354 g/mol. The lowest BCUT2D eigenvalue weighted by Gasteiger charge is -2.32. The van der Waals surface area contributed by atoms with Gasteiger partial charge in [-0.05, 0) is 36.0 Å². The van der Waals surface area contributed by atoms with E-state index in [0.717, 1.165) is 22.6 Å². The molecule has 0 aliphatic heterocycles. The number of allylic oxidation sites excluding steroid dienone is 1. The number of thioether (sulfide) groups is 1. The molecule has 4 heteroatoms. The number of aromatic hydroxyl groups is 1. The molecule has 23 heavy (non-hydrogen) atoms. The molecule has 2 atom stereocenters. The molecule has 0 saturated carbocycles. The van der Waals surface area contributed by atoms with Gasteiger partial charge in [0, 0.05) is 21.6 Å². The molecule has 0 aliphatic rings. The number of hydrogen-bond donors (Lipinski definition) is 1. The van der Waals surface area contributed by atoms with E-state index in [2.05, 4.69) is 70.6 Å². The van der Waals surface area contributed by atoms with E-state index in [-0.39, 0.29) is 10.8 Å². The lowest BCUT2D eigenvalue weighted by Crippen LogP contribution is -2.25. The van der Waals surface area contributed by atoms with Crippen molar-refractivity contribution in [3.05, 3.63) is 35.6 Å². The van der Waals surface area contributed by atoms with Crippen LogP contribution in [0.5, 0.6) is 5.75 Å². The van der Waals surface area contributed by atoms with Crippen LogP contribution in [0.2, 0.25) is 0 Å². The molecule has 130 valence electrons. The maximum atomic E-state index is 10.2. The average molecular weight is 354 g/mol. The first kappa shape index (κ1) is 20.4.